The molecule has 184 valence electrons. The van der Waals surface area contributed by atoms with E-state index >= 15 is 0 Å². The van der Waals surface area contributed by atoms with Crippen LogP contribution in [0, 0.1) is 23.7 Å². The second-order valence-electron chi connectivity index (χ2n) is 9.20. The molecule has 1 aliphatic carbocycles. The van der Waals surface area contributed by atoms with Crippen LogP contribution in [0.3, 0.4) is 0 Å². The molecule has 0 radical (unpaired) electrons. The second-order valence-corrected chi connectivity index (χ2v) is 10.1. The van der Waals surface area contributed by atoms with Crippen molar-refractivity contribution in [1.82, 2.24) is 14.5 Å². The normalized spacial score (nSPS) is 18.3. The van der Waals surface area contributed by atoms with Gasteiger partial charge < -0.3 is 14.2 Å². The van der Waals surface area contributed by atoms with Crippen LogP contribution >= 0.6 is 11.3 Å². The number of rotatable bonds is 6. The first-order chi connectivity index (χ1) is 16.7. The van der Waals surface area contributed by atoms with Crippen LogP contribution < -0.4 is 5.56 Å². The number of thiazole rings is 1. The Labute approximate surface area is 209 Å². The summed E-state index contributed by atoms with van der Waals surface area (Å²) in [5, 5.41) is 19.7. The van der Waals surface area contributed by atoms with Crippen LogP contribution in [-0.2, 0) is 11.8 Å². The van der Waals surface area contributed by atoms with Crippen molar-refractivity contribution in [3.63, 3.8) is 0 Å². The van der Waals surface area contributed by atoms with Gasteiger partial charge in [0.25, 0.3) is 11.5 Å². The van der Waals surface area contributed by atoms with Gasteiger partial charge in [-0.15, -0.1) is 11.3 Å². The molecule has 1 fully saturated rings. The van der Waals surface area contributed by atoms with Crippen molar-refractivity contribution < 1.29 is 9.53 Å². The van der Waals surface area contributed by atoms with Crippen LogP contribution in [0.15, 0.2) is 46.1 Å². The van der Waals surface area contributed by atoms with E-state index in [0.29, 0.717) is 13.0 Å². The fraction of sp³-hybridized carbons (Fsp3) is 0.423. The Bertz CT molecular complexity index is 1270. The van der Waals surface area contributed by atoms with Gasteiger partial charge in [0.05, 0.1) is 6.04 Å². The first kappa shape index (κ1) is 24.8. The molecule has 0 saturated carbocycles. The van der Waals surface area contributed by atoms with Crippen molar-refractivity contribution in [3.05, 3.63) is 73.6 Å². The number of carbonyl (C=O) groups is 1. The van der Waals surface area contributed by atoms with Gasteiger partial charge in [0.15, 0.2) is 5.90 Å². The standard InChI is InChI=1S/C26H31N5O3S/c1-16(12-18-8-5-4-6-9-18)23(27)34-24(28)21-13-19(14-22(32)30(21)3)26(33)31-11-7-10-20(31)25-29-17(2)15-35-25/h4-5,8,13-16,20,27-28H,6-7,9-12H2,1-3H3/t16?,20-/m1/s1. The molecule has 0 bridgehead atoms. The molecule has 2 aliphatic rings. The van der Waals surface area contributed by atoms with Gasteiger partial charge in [-0.05, 0) is 45.1 Å². The van der Waals surface area contributed by atoms with E-state index in [9.17, 15) is 9.59 Å². The Morgan fingerprint density at radius 3 is 2.83 bits per heavy atom. The van der Waals surface area contributed by atoms with Crippen molar-refractivity contribution in [2.45, 2.75) is 52.0 Å². The smallest absolute Gasteiger partial charge is 0.254 e. The predicted molar refractivity (Wildman–Crippen MR) is 137 cm³/mol. The summed E-state index contributed by atoms with van der Waals surface area (Å²) in [6.07, 6.45) is 10.5. The van der Waals surface area contributed by atoms with E-state index in [0.717, 1.165) is 36.4 Å². The fourth-order valence-corrected chi connectivity index (χ4v) is 5.45. The van der Waals surface area contributed by atoms with E-state index in [1.807, 2.05) is 25.3 Å². The number of nitrogens with zero attached hydrogens (tertiary/aromatic N) is 3. The average Bonchev–Trinajstić information content (AvgIpc) is 3.49. The Hall–Kier alpha value is -3.33. The quantitative estimate of drug-likeness (QED) is 0.447. The number of hydrogen-bond acceptors (Lipinski definition) is 7. The number of amides is 1. The average molecular weight is 494 g/mol. The zero-order valence-electron chi connectivity index (χ0n) is 20.3. The Balaban J connectivity index is 1.51. The van der Waals surface area contributed by atoms with Crippen LogP contribution in [0.4, 0.5) is 0 Å². The van der Waals surface area contributed by atoms with Gasteiger partial charge in [-0.2, -0.15) is 0 Å². The number of carbonyl (C=O) groups excluding carboxylic acids is 1. The number of aryl methyl sites for hydroxylation is 1. The minimum atomic E-state index is -0.404. The molecule has 1 aliphatic heterocycles. The summed E-state index contributed by atoms with van der Waals surface area (Å²) in [6, 6.07) is 2.71. The Morgan fingerprint density at radius 2 is 2.14 bits per heavy atom. The molecule has 0 aromatic carbocycles. The molecule has 2 aromatic heterocycles. The molecule has 1 amide bonds. The molecule has 4 rings (SSSR count). The van der Waals surface area contributed by atoms with Gasteiger partial charge in [-0.25, -0.2) is 4.98 Å². The molecule has 2 N–H and O–H groups in total. The Kier molecular flexibility index (Phi) is 7.45. The van der Waals surface area contributed by atoms with E-state index in [4.69, 9.17) is 15.6 Å². The maximum Gasteiger partial charge on any atom is 0.254 e. The number of aromatic nitrogens is 2. The van der Waals surface area contributed by atoms with Crippen LogP contribution in [0.25, 0.3) is 0 Å². The molecule has 3 heterocycles. The lowest BCUT2D eigenvalue weighted by atomic mass is 9.95. The molecule has 0 spiro atoms. The second kappa shape index (κ2) is 10.5. The summed E-state index contributed by atoms with van der Waals surface area (Å²) in [4.78, 5) is 32.4. The Morgan fingerprint density at radius 1 is 1.34 bits per heavy atom. The summed E-state index contributed by atoms with van der Waals surface area (Å²) in [5.74, 6) is -0.814. The van der Waals surface area contributed by atoms with Crippen molar-refractivity contribution >= 4 is 29.0 Å². The molecular weight excluding hydrogens is 462 g/mol. The van der Waals surface area contributed by atoms with Gasteiger partial charge in [0, 0.05) is 42.2 Å². The third-order valence-corrected chi connectivity index (χ3v) is 7.57. The van der Waals surface area contributed by atoms with Crippen molar-refractivity contribution in [3.8, 4) is 0 Å². The lowest BCUT2D eigenvalue weighted by Crippen LogP contribution is -2.33. The highest BCUT2D eigenvalue weighted by atomic mass is 32.1. The molecule has 35 heavy (non-hydrogen) atoms. The van der Waals surface area contributed by atoms with E-state index in [1.54, 1.807) is 16.2 Å². The number of hydrogen-bond donors (Lipinski definition) is 2. The minimum Gasteiger partial charge on any atom is -0.423 e. The molecule has 1 unspecified atom stereocenters. The number of likely N-dealkylation sites (tertiary alicyclic amines) is 1. The first-order valence-corrected chi connectivity index (χ1v) is 12.8. The number of allylic oxidation sites excluding steroid dienone is 4. The van der Waals surface area contributed by atoms with Gasteiger partial charge in [0.1, 0.15) is 10.7 Å². The van der Waals surface area contributed by atoms with Crippen LogP contribution in [0.1, 0.15) is 71.8 Å². The largest absolute Gasteiger partial charge is 0.423 e. The van der Waals surface area contributed by atoms with Gasteiger partial charge in [0.2, 0.25) is 5.90 Å². The summed E-state index contributed by atoms with van der Waals surface area (Å²) < 4.78 is 6.83. The molecular formula is C26H31N5O3S. The lowest BCUT2D eigenvalue weighted by Gasteiger charge is -2.24. The number of ether oxygens (including phenoxy) is 1. The summed E-state index contributed by atoms with van der Waals surface area (Å²) >= 11 is 1.54. The zero-order valence-corrected chi connectivity index (χ0v) is 21.2. The van der Waals surface area contributed by atoms with Crippen molar-refractivity contribution in [1.29, 1.82) is 10.8 Å². The predicted octanol–water partition coefficient (Wildman–Crippen LogP) is 4.75. The summed E-state index contributed by atoms with van der Waals surface area (Å²) in [6.45, 7) is 4.41. The molecule has 2 atom stereocenters. The van der Waals surface area contributed by atoms with Crippen LogP contribution in [-0.4, -0.2) is 38.7 Å². The topological polar surface area (TPSA) is 112 Å². The SMILES string of the molecule is Cc1csc([C@H]2CCCN2C(=O)c2cc(C(=N)OC(=N)C(C)CC3=CC=CCC3)n(C)c(=O)c2)n1. The minimum absolute atomic E-state index is 0.0339. The van der Waals surface area contributed by atoms with Crippen molar-refractivity contribution in [2.75, 3.05) is 6.54 Å². The van der Waals surface area contributed by atoms with E-state index in [-0.39, 0.29) is 40.9 Å². The van der Waals surface area contributed by atoms with Gasteiger partial charge in [-0.3, -0.25) is 20.4 Å². The van der Waals surface area contributed by atoms with E-state index < -0.39 is 5.56 Å². The highest BCUT2D eigenvalue weighted by molar-refractivity contribution is 7.09. The van der Waals surface area contributed by atoms with Crippen LogP contribution in [0.5, 0.6) is 0 Å². The molecule has 2 aromatic rings. The highest BCUT2D eigenvalue weighted by Crippen LogP contribution is 2.34. The lowest BCUT2D eigenvalue weighted by molar-refractivity contribution is 0.0735. The first-order valence-electron chi connectivity index (χ1n) is 11.9. The molecule has 8 nitrogen and oxygen atoms in total. The maximum atomic E-state index is 13.4. The van der Waals surface area contributed by atoms with Crippen molar-refractivity contribution in [2.24, 2.45) is 13.0 Å². The summed E-state index contributed by atoms with van der Waals surface area (Å²) in [5.41, 5.74) is 2.15. The maximum absolute atomic E-state index is 13.4. The molecule has 9 heteroatoms. The van der Waals surface area contributed by atoms with Gasteiger partial charge in [-0.1, -0.05) is 30.7 Å². The fourth-order valence-electron chi connectivity index (χ4n) is 4.50. The third kappa shape index (κ3) is 5.51. The van der Waals surface area contributed by atoms with E-state index in [1.165, 1.54) is 29.3 Å². The highest BCUT2D eigenvalue weighted by Gasteiger charge is 2.33. The van der Waals surface area contributed by atoms with Crippen LogP contribution in [0.2, 0.25) is 0 Å². The zero-order chi connectivity index (χ0) is 25.1. The third-order valence-electron chi connectivity index (χ3n) is 6.51. The van der Waals surface area contributed by atoms with E-state index in [2.05, 4.69) is 17.1 Å². The summed E-state index contributed by atoms with van der Waals surface area (Å²) in [7, 11) is 1.53. The number of pyridine rings is 1. The monoisotopic (exact) mass is 493 g/mol. The molecule has 1 saturated heterocycles. The van der Waals surface area contributed by atoms with Gasteiger partial charge >= 0.3 is 0 Å². The number of nitrogens with one attached hydrogen (secondary N) is 2.